The van der Waals surface area contributed by atoms with Crippen LogP contribution < -0.4 is 10.1 Å². The van der Waals surface area contributed by atoms with Crippen LogP contribution in [0.1, 0.15) is 24.8 Å². The molecule has 5 nitrogen and oxygen atoms in total. The van der Waals surface area contributed by atoms with Gasteiger partial charge in [-0.25, -0.2) is 0 Å². The monoisotopic (exact) mass is 441 g/mol. The highest BCUT2D eigenvalue weighted by atomic mass is 35.5. The van der Waals surface area contributed by atoms with Crippen molar-refractivity contribution in [1.29, 1.82) is 0 Å². The molecule has 1 amide bonds. The number of rotatable bonds is 6. The lowest BCUT2D eigenvalue weighted by atomic mass is 9.87. The molecule has 2 fully saturated rings. The third-order valence-corrected chi connectivity index (χ3v) is 7.14. The molecule has 0 radical (unpaired) electrons. The van der Waals surface area contributed by atoms with Crippen LogP contribution in [0.2, 0.25) is 5.02 Å². The zero-order valence-electron chi connectivity index (χ0n) is 18.4. The Kier molecular flexibility index (Phi) is 7.16. The Hall–Kier alpha value is -2.08. The third kappa shape index (κ3) is 5.22. The molecular formula is C25H32ClN3O2. The molecule has 31 heavy (non-hydrogen) atoms. The first kappa shape index (κ1) is 22.1. The van der Waals surface area contributed by atoms with Crippen LogP contribution in [-0.4, -0.2) is 55.5 Å². The van der Waals surface area contributed by atoms with Crippen molar-refractivity contribution in [3.8, 4) is 5.75 Å². The first-order chi connectivity index (χ1) is 15.0. The van der Waals surface area contributed by atoms with Crippen LogP contribution in [-0.2, 0) is 11.3 Å². The minimum Gasteiger partial charge on any atom is -0.495 e. The van der Waals surface area contributed by atoms with Crippen LogP contribution in [0, 0.1) is 11.8 Å². The Morgan fingerprint density at radius 2 is 1.94 bits per heavy atom. The first-order valence-electron chi connectivity index (χ1n) is 11.1. The van der Waals surface area contributed by atoms with Crippen LogP contribution in [0.25, 0.3) is 0 Å². The van der Waals surface area contributed by atoms with Gasteiger partial charge in [-0.2, -0.15) is 0 Å². The van der Waals surface area contributed by atoms with Crippen molar-refractivity contribution in [1.82, 2.24) is 9.80 Å². The van der Waals surface area contributed by atoms with Gasteiger partial charge in [0.2, 0.25) is 5.91 Å². The molecule has 4 rings (SSSR count). The van der Waals surface area contributed by atoms with Gasteiger partial charge in [-0.15, -0.1) is 0 Å². The molecule has 0 aliphatic carbocycles. The molecule has 2 aromatic rings. The van der Waals surface area contributed by atoms with E-state index in [0.29, 0.717) is 17.7 Å². The zero-order chi connectivity index (χ0) is 21.8. The molecule has 3 atom stereocenters. The summed E-state index contributed by atoms with van der Waals surface area (Å²) in [6.07, 6.45) is 3.31. The van der Waals surface area contributed by atoms with Crippen LogP contribution >= 0.6 is 11.6 Å². The number of hydrogen-bond donors (Lipinski definition) is 1. The number of ether oxygens (including phenoxy) is 1. The predicted octanol–water partition coefficient (Wildman–Crippen LogP) is 4.52. The SMILES string of the molecule is COc1ccccc1NC(=O)[C@@H]1C[C@@H]([C@@H]2CCCN(Cc3ccccc3Cl)C2)N(C)C1. The largest absolute Gasteiger partial charge is 0.495 e. The maximum atomic E-state index is 13.0. The summed E-state index contributed by atoms with van der Waals surface area (Å²) in [7, 11) is 3.79. The second kappa shape index (κ2) is 10.0. The number of likely N-dealkylation sites (tertiary alicyclic amines) is 2. The van der Waals surface area contributed by atoms with E-state index in [4.69, 9.17) is 16.3 Å². The first-order valence-corrected chi connectivity index (χ1v) is 11.5. The summed E-state index contributed by atoms with van der Waals surface area (Å²) in [5.74, 6) is 1.35. The van der Waals surface area contributed by atoms with Crippen molar-refractivity contribution in [3.05, 3.63) is 59.1 Å². The molecule has 0 bridgehead atoms. The van der Waals surface area contributed by atoms with Crippen molar-refractivity contribution >= 4 is 23.2 Å². The van der Waals surface area contributed by atoms with Crippen LogP contribution in [0.4, 0.5) is 5.69 Å². The topological polar surface area (TPSA) is 44.8 Å². The molecule has 6 heteroatoms. The number of nitrogens with one attached hydrogen (secondary N) is 1. The summed E-state index contributed by atoms with van der Waals surface area (Å²) in [6, 6.07) is 16.1. The lowest BCUT2D eigenvalue weighted by Gasteiger charge is -2.38. The molecule has 1 N–H and O–H groups in total. The fraction of sp³-hybridized carbons (Fsp3) is 0.480. The fourth-order valence-electron chi connectivity index (χ4n) is 5.17. The number of benzene rings is 2. The standard InChI is InChI=1S/C25H32ClN3O2/c1-28-15-20(25(30)27-22-11-5-6-12-24(22)31-2)14-23(28)19-9-7-13-29(17-19)16-18-8-3-4-10-21(18)26/h3-6,8,10-12,19-20,23H,7,9,13-17H2,1-2H3,(H,27,30)/t19-,20-,23+/m1/s1. The van der Waals surface area contributed by atoms with Gasteiger partial charge in [-0.1, -0.05) is 41.9 Å². The van der Waals surface area contributed by atoms with E-state index >= 15 is 0 Å². The highest BCUT2D eigenvalue weighted by Crippen LogP contribution is 2.34. The molecule has 0 saturated carbocycles. The Bertz CT molecular complexity index is 906. The minimum atomic E-state index is -0.00106. The average molecular weight is 442 g/mol. The number of carbonyl (C=O) groups is 1. The molecule has 2 aromatic carbocycles. The minimum absolute atomic E-state index is 0.00106. The second-order valence-corrected chi connectivity index (χ2v) is 9.27. The van der Waals surface area contributed by atoms with Crippen molar-refractivity contribution in [3.63, 3.8) is 0 Å². The van der Waals surface area contributed by atoms with Crippen LogP contribution in [0.15, 0.2) is 48.5 Å². The van der Waals surface area contributed by atoms with Gasteiger partial charge >= 0.3 is 0 Å². The van der Waals surface area contributed by atoms with E-state index in [1.54, 1.807) is 7.11 Å². The van der Waals surface area contributed by atoms with Crippen LogP contribution in [0.5, 0.6) is 5.75 Å². The molecule has 0 aromatic heterocycles. The van der Waals surface area contributed by atoms with Crippen molar-refractivity contribution in [2.75, 3.05) is 39.1 Å². The highest BCUT2D eigenvalue weighted by molar-refractivity contribution is 6.31. The summed E-state index contributed by atoms with van der Waals surface area (Å²) in [5, 5.41) is 3.92. The molecule has 2 heterocycles. The lowest BCUT2D eigenvalue weighted by molar-refractivity contribution is -0.119. The third-order valence-electron chi connectivity index (χ3n) is 6.77. The Labute approximate surface area is 190 Å². The number of anilines is 1. The number of piperidine rings is 1. The van der Waals surface area contributed by atoms with E-state index in [-0.39, 0.29) is 11.8 Å². The quantitative estimate of drug-likeness (QED) is 0.715. The summed E-state index contributed by atoms with van der Waals surface area (Å²) < 4.78 is 5.38. The average Bonchev–Trinajstić information content (AvgIpc) is 3.18. The number of methoxy groups -OCH3 is 1. The van der Waals surface area contributed by atoms with E-state index in [1.165, 1.54) is 18.4 Å². The van der Waals surface area contributed by atoms with E-state index in [9.17, 15) is 4.79 Å². The summed E-state index contributed by atoms with van der Waals surface area (Å²) in [6.45, 7) is 3.86. The van der Waals surface area contributed by atoms with E-state index in [1.807, 2.05) is 36.4 Å². The zero-order valence-corrected chi connectivity index (χ0v) is 19.1. The van der Waals surface area contributed by atoms with E-state index < -0.39 is 0 Å². The molecule has 166 valence electrons. The number of amides is 1. The van der Waals surface area contributed by atoms with Gasteiger partial charge in [-0.3, -0.25) is 9.69 Å². The lowest BCUT2D eigenvalue weighted by Crippen LogP contribution is -2.43. The number of carbonyl (C=O) groups excluding carboxylic acids is 1. The van der Waals surface area contributed by atoms with Crippen molar-refractivity contribution in [2.24, 2.45) is 11.8 Å². The van der Waals surface area contributed by atoms with Crippen LogP contribution in [0.3, 0.4) is 0 Å². The van der Waals surface area contributed by atoms with Gasteiger partial charge in [0.05, 0.1) is 18.7 Å². The summed E-state index contributed by atoms with van der Waals surface area (Å²) in [5.41, 5.74) is 1.93. The molecule has 0 unspecified atom stereocenters. The normalized spacial score (nSPS) is 24.8. The predicted molar refractivity (Wildman–Crippen MR) is 126 cm³/mol. The number of nitrogens with zero attached hydrogens (tertiary/aromatic N) is 2. The van der Waals surface area contributed by atoms with E-state index in [0.717, 1.165) is 43.3 Å². The number of hydrogen-bond acceptors (Lipinski definition) is 4. The Balaban J connectivity index is 1.36. The maximum absolute atomic E-state index is 13.0. The van der Waals surface area contributed by atoms with Gasteiger partial charge in [0.1, 0.15) is 5.75 Å². The van der Waals surface area contributed by atoms with Gasteiger partial charge in [0.15, 0.2) is 0 Å². The van der Waals surface area contributed by atoms with Crippen molar-refractivity contribution in [2.45, 2.75) is 31.8 Å². The second-order valence-electron chi connectivity index (χ2n) is 8.86. The van der Waals surface area contributed by atoms with Gasteiger partial charge < -0.3 is 15.0 Å². The maximum Gasteiger partial charge on any atom is 0.228 e. The van der Waals surface area contributed by atoms with Gasteiger partial charge in [0.25, 0.3) is 0 Å². The molecule has 2 saturated heterocycles. The number of para-hydroxylation sites is 2. The number of halogens is 1. The highest BCUT2D eigenvalue weighted by Gasteiger charge is 2.39. The van der Waals surface area contributed by atoms with Gasteiger partial charge in [-0.05, 0) is 62.5 Å². The molecule has 2 aliphatic heterocycles. The fourth-order valence-corrected chi connectivity index (χ4v) is 5.37. The van der Waals surface area contributed by atoms with Gasteiger partial charge in [0, 0.05) is 30.7 Å². The Morgan fingerprint density at radius 1 is 1.16 bits per heavy atom. The summed E-state index contributed by atoms with van der Waals surface area (Å²) >= 11 is 6.38. The molecule has 0 spiro atoms. The molecule has 2 aliphatic rings. The summed E-state index contributed by atoms with van der Waals surface area (Å²) in [4.78, 5) is 17.9. The smallest absolute Gasteiger partial charge is 0.228 e. The van der Waals surface area contributed by atoms with Crippen molar-refractivity contribution < 1.29 is 9.53 Å². The Morgan fingerprint density at radius 3 is 2.74 bits per heavy atom. The molecular weight excluding hydrogens is 410 g/mol. The van der Waals surface area contributed by atoms with E-state index in [2.05, 4.69) is 34.3 Å².